The van der Waals surface area contributed by atoms with Crippen LogP contribution in [0.3, 0.4) is 0 Å². The summed E-state index contributed by atoms with van der Waals surface area (Å²) in [6, 6.07) is 22.0. The number of pyridine rings is 1. The van der Waals surface area contributed by atoms with Gasteiger partial charge in [-0.25, -0.2) is 9.37 Å². The second kappa shape index (κ2) is 13.4. The summed E-state index contributed by atoms with van der Waals surface area (Å²) in [6.45, 7) is 5.28. The van der Waals surface area contributed by atoms with Crippen LogP contribution in [0.2, 0.25) is 0 Å². The normalized spacial score (nSPS) is 16.3. The molecule has 0 saturated carbocycles. The fourth-order valence-corrected chi connectivity index (χ4v) is 5.78. The van der Waals surface area contributed by atoms with Gasteiger partial charge in [0.15, 0.2) is 0 Å². The van der Waals surface area contributed by atoms with Crippen molar-refractivity contribution in [3.8, 4) is 17.2 Å². The van der Waals surface area contributed by atoms with Gasteiger partial charge in [-0.15, -0.1) is 0 Å². The van der Waals surface area contributed by atoms with E-state index in [1.807, 2.05) is 66.4 Å². The number of benzene rings is 3. The topological polar surface area (TPSA) is 70.1 Å². The molecule has 8 heteroatoms. The number of piperidine rings is 1. The van der Waals surface area contributed by atoms with Gasteiger partial charge in [-0.1, -0.05) is 36.4 Å². The highest BCUT2D eigenvalue weighted by atomic mass is 19.1. The lowest BCUT2D eigenvalue weighted by atomic mass is 9.97. The van der Waals surface area contributed by atoms with E-state index >= 15 is 0 Å². The molecule has 0 N–H and O–H groups in total. The average Bonchev–Trinajstić information content (AvgIpc) is 3.05. The zero-order valence-electron chi connectivity index (χ0n) is 24.5. The molecule has 0 bridgehead atoms. The molecule has 0 radical (unpaired) electrons. The first-order valence-corrected chi connectivity index (χ1v) is 15.0. The maximum atomic E-state index is 14.2. The summed E-state index contributed by atoms with van der Waals surface area (Å²) in [6.07, 6.45) is 3.27. The summed E-state index contributed by atoms with van der Waals surface area (Å²) in [5.74, 6) is 2.01. The zero-order chi connectivity index (χ0) is 29.6. The lowest BCUT2D eigenvalue weighted by Crippen LogP contribution is -2.45. The number of ether oxygens (including phenoxy) is 4. The van der Waals surface area contributed by atoms with Gasteiger partial charge < -0.3 is 23.8 Å². The molecule has 1 amide bonds. The Bertz CT molecular complexity index is 1550. The summed E-state index contributed by atoms with van der Waals surface area (Å²) >= 11 is 0. The van der Waals surface area contributed by atoms with E-state index in [0.717, 1.165) is 48.3 Å². The van der Waals surface area contributed by atoms with E-state index in [2.05, 4.69) is 0 Å². The first-order chi connectivity index (χ1) is 21.0. The van der Waals surface area contributed by atoms with Gasteiger partial charge in [0.2, 0.25) is 5.91 Å². The quantitative estimate of drug-likeness (QED) is 0.220. The van der Waals surface area contributed by atoms with E-state index in [-0.39, 0.29) is 30.4 Å². The largest absolute Gasteiger partial charge is 0.490 e. The molecule has 0 unspecified atom stereocenters. The molecule has 0 aliphatic carbocycles. The highest BCUT2D eigenvalue weighted by Gasteiger charge is 2.30. The van der Waals surface area contributed by atoms with E-state index in [0.29, 0.717) is 55.3 Å². The monoisotopic (exact) mass is 584 g/mol. The van der Waals surface area contributed by atoms with Crippen molar-refractivity contribution in [2.45, 2.75) is 51.9 Å². The molecule has 0 atom stereocenters. The summed E-state index contributed by atoms with van der Waals surface area (Å²) in [5, 5.41) is 0.632. The van der Waals surface area contributed by atoms with Crippen molar-refractivity contribution in [2.75, 3.05) is 26.3 Å². The Morgan fingerprint density at radius 3 is 2.47 bits per heavy atom. The lowest BCUT2D eigenvalue weighted by molar-refractivity contribution is -0.140. The summed E-state index contributed by atoms with van der Waals surface area (Å²) < 4.78 is 38.3. The third kappa shape index (κ3) is 7.08. The number of fused-ring (bicyclic) bond motifs is 1. The second-order valence-corrected chi connectivity index (χ2v) is 11.2. The van der Waals surface area contributed by atoms with Crippen molar-refractivity contribution in [1.82, 2.24) is 9.88 Å². The average molecular weight is 585 g/mol. The van der Waals surface area contributed by atoms with Crippen LogP contribution >= 0.6 is 0 Å². The zero-order valence-corrected chi connectivity index (χ0v) is 24.5. The van der Waals surface area contributed by atoms with Gasteiger partial charge in [0, 0.05) is 62.1 Å². The Morgan fingerprint density at radius 1 is 0.907 bits per heavy atom. The highest BCUT2D eigenvalue weighted by molar-refractivity contribution is 5.86. The Hall–Kier alpha value is -4.17. The fraction of sp³-hybridized carbons (Fsp3) is 0.371. The van der Waals surface area contributed by atoms with Gasteiger partial charge in [0.05, 0.1) is 11.2 Å². The van der Waals surface area contributed by atoms with Crippen LogP contribution in [0.15, 0.2) is 72.8 Å². The minimum Gasteiger partial charge on any atom is -0.490 e. The summed E-state index contributed by atoms with van der Waals surface area (Å²) in [7, 11) is 0. The van der Waals surface area contributed by atoms with Gasteiger partial charge in [-0.05, 0) is 55.7 Å². The molecule has 43 heavy (non-hydrogen) atoms. The highest BCUT2D eigenvalue weighted by Crippen LogP contribution is 2.33. The number of amides is 1. The van der Waals surface area contributed by atoms with E-state index in [1.54, 1.807) is 6.07 Å². The van der Waals surface area contributed by atoms with Crippen LogP contribution in [0.5, 0.6) is 17.2 Å². The van der Waals surface area contributed by atoms with Gasteiger partial charge in [-0.2, -0.15) is 0 Å². The van der Waals surface area contributed by atoms with Crippen LogP contribution in [0, 0.1) is 18.7 Å². The van der Waals surface area contributed by atoms with Crippen molar-refractivity contribution in [3.05, 3.63) is 95.4 Å². The van der Waals surface area contributed by atoms with E-state index in [4.69, 9.17) is 23.9 Å². The maximum Gasteiger partial charge on any atom is 0.225 e. The minimum absolute atomic E-state index is 0.0445. The lowest BCUT2D eigenvalue weighted by Gasteiger charge is -2.35. The van der Waals surface area contributed by atoms with Gasteiger partial charge in [-0.3, -0.25) is 4.79 Å². The van der Waals surface area contributed by atoms with Crippen molar-refractivity contribution < 1.29 is 28.1 Å². The first kappa shape index (κ1) is 28.9. The standard InChI is InChI=1S/C35H37FN2O5/c1-24-33(37-32-11-10-27(36)20-31(32)34(24)42-22-25-6-3-2-4-7-25)23-41-29-8-5-9-30(21-29)43-28-12-16-38(17-13-28)35(39)26-14-18-40-19-15-26/h2-11,20-21,26,28H,12-19,22-23H2,1H3. The molecule has 3 heterocycles. The van der Waals surface area contributed by atoms with E-state index in [1.165, 1.54) is 12.1 Å². The van der Waals surface area contributed by atoms with Crippen LogP contribution < -0.4 is 14.2 Å². The summed E-state index contributed by atoms with van der Waals surface area (Å²) in [5.41, 5.74) is 3.19. The maximum absolute atomic E-state index is 14.2. The third-order valence-electron chi connectivity index (χ3n) is 8.27. The molecule has 2 saturated heterocycles. The molecule has 2 aliphatic heterocycles. The predicted octanol–water partition coefficient (Wildman–Crippen LogP) is 6.64. The first-order valence-electron chi connectivity index (χ1n) is 15.0. The van der Waals surface area contributed by atoms with Crippen LogP contribution in [0.4, 0.5) is 4.39 Å². The van der Waals surface area contributed by atoms with Crippen molar-refractivity contribution >= 4 is 16.8 Å². The minimum atomic E-state index is -0.337. The summed E-state index contributed by atoms with van der Waals surface area (Å²) in [4.78, 5) is 19.6. The van der Waals surface area contributed by atoms with E-state index < -0.39 is 0 Å². The Morgan fingerprint density at radius 2 is 1.67 bits per heavy atom. The van der Waals surface area contributed by atoms with Gasteiger partial charge >= 0.3 is 0 Å². The van der Waals surface area contributed by atoms with Gasteiger partial charge in [0.1, 0.15) is 42.4 Å². The van der Waals surface area contributed by atoms with Gasteiger partial charge in [0.25, 0.3) is 0 Å². The van der Waals surface area contributed by atoms with Crippen molar-refractivity contribution in [3.63, 3.8) is 0 Å². The smallest absolute Gasteiger partial charge is 0.225 e. The number of carbonyl (C=O) groups excluding carboxylic acids is 1. The molecular formula is C35H37FN2O5. The number of likely N-dealkylation sites (tertiary alicyclic amines) is 1. The number of carbonyl (C=O) groups is 1. The molecule has 2 aliphatic rings. The Balaban J connectivity index is 1.09. The predicted molar refractivity (Wildman–Crippen MR) is 162 cm³/mol. The second-order valence-electron chi connectivity index (χ2n) is 11.2. The van der Waals surface area contributed by atoms with Crippen LogP contribution in [-0.2, 0) is 22.7 Å². The molecule has 0 spiro atoms. The Labute approximate surface area is 251 Å². The number of aromatic nitrogens is 1. The number of hydrogen-bond donors (Lipinski definition) is 0. The fourth-order valence-electron chi connectivity index (χ4n) is 5.78. The van der Waals surface area contributed by atoms with Crippen LogP contribution in [0.1, 0.15) is 42.5 Å². The Kier molecular flexibility index (Phi) is 9.03. The molecule has 224 valence electrons. The molecule has 3 aromatic carbocycles. The molecular weight excluding hydrogens is 547 g/mol. The molecule has 2 fully saturated rings. The third-order valence-corrected chi connectivity index (χ3v) is 8.27. The SMILES string of the molecule is Cc1c(COc2cccc(OC3CCN(C(=O)C4CCOCC4)CC3)c2)nc2ccc(F)cc2c1OCc1ccccc1. The number of hydrogen-bond acceptors (Lipinski definition) is 6. The van der Waals surface area contributed by atoms with E-state index in [9.17, 15) is 9.18 Å². The van der Waals surface area contributed by atoms with Crippen LogP contribution in [0.25, 0.3) is 10.9 Å². The molecule has 4 aromatic rings. The van der Waals surface area contributed by atoms with Crippen molar-refractivity contribution in [2.24, 2.45) is 5.92 Å². The number of halogens is 1. The molecule has 7 nitrogen and oxygen atoms in total. The number of rotatable bonds is 9. The van der Waals surface area contributed by atoms with Crippen LogP contribution in [-0.4, -0.2) is 48.2 Å². The molecule has 6 rings (SSSR count). The van der Waals surface area contributed by atoms with Crippen molar-refractivity contribution in [1.29, 1.82) is 0 Å². The molecule has 1 aromatic heterocycles. The number of nitrogens with zero attached hydrogens (tertiary/aromatic N) is 2.